The average molecular weight is 294 g/mol. The predicted molar refractivity (Wildman–Crippen MR) is 84.0 cm³/mol. The van der Waals surface area contributed by atoms with Crippen LogP contribution < -0.4 is 10.6 Å². The lowest BCUT2D eigenvalue weighted by molar-refractivity contribution is -0.136. The number of amides is 2. The zero-order chi connectivity index (χ0) is 15.3. The summed E-state index contributed by atoms with van der Waals surface area (Å²) in [4.78, 5) is 24.2. The summed E-state index contributed by atoms with van der Waals surface area (Å²) < 4.78 is 0.141. The first-order chi connectivity index (χ1) is 9.17. The lowest BCUT2D eigenvalue weighted by atomic mass is 10.3. The predicted octanol–water partition coefficient (Wildman–Crippen LogP) is 3.04. The summed E-state index contributed by atoms with van der Waals surface area (Å²) in [5, 5.41) is 5.13. The summed E-state index contributed by atoms with van der Waals surface area (Å²) in [5.41, 5.74) is 0.618. The Hall–Kier alpha value is -1.49. The molecule has 110 valence electrons. The lowest BCUT2D eigenvalue weighted by Gasteiger charge is -2.17. The molecule has 2 amide bonds. The summed E-state index contributed by atoms with van der Waals surface area (Å²) in [7, 11) is 0. The van der Waals surface area contributed by atoms with Crippen LogP contribution in [0, 0.1) is 0 Å². The molecule has 0 saturated carbocycles. The second-order valence-electron chi connectivity index (χ2n) is 5.82. The van der Waals surface area contributed by atoms with Crippen LogP contribution in [0.1, 0.15) is 34.6 Å². The van der Waals surface area contributed by atoms with E-state index < -0.39 is 11.8 Å². The number of carbonyl (C=O) groups is 2. The van der Waals surface area contributed by atoms with Crippen LogP contribution in [0.15, 0.2) is 29.2 Å². The first-order valence-electron chi connectivity index (χ1n) is 6.58. The third-order valence-electron chi connectivity index (χ3n) is 2.16. The SMILES string of the molecule is CC(C)NC(=O)C(=O)Nc1ccc(SC(C)(C)C)cc1. The van der Waals surface area contributed by atoms with Gasteiger partial charge in [-0.15, -0.1) is 11.8 Å². The van der Waals surface area contributed by atoms with E-state index in [-0.39, 0.29) is 10.8 Å². The number of hydrogen-bond acceptors (Lipinski definition) is 3. The van der Waals surface area contributed by atoms with E-state index in [0.29, 0.717) is 5.69 Å². The zero-order valence-corrected chi connectivity index (χ0v) is 13.4. The van der Waals surface area contributed by atoms with Gasteiger partial charge in [-0.1, -0.05) is 20.8 Å². The van der Waals surface area contributed by atoms with Gasteiger partial charge in [-0.3, -0.25) is 9.59 Å². The van der Waals surface area contributed by atoms with Crippen molar-refractivity contribution in [1.29, 1.82) is 0 Å². The van der Waals surface area contributed by atoms with Crippen molar-refractivity contribution in [3.63, 3.8) is 0 Å². The van der Waals surface area contributed by atoms with Gasteiger partial charge in [-0.05, 0) is 38.1 Å². The van der Waals surface area contributed by atoms with Gasteiger partial charge in [0.15, 0.2) is 0 Å². The Bertz CT molecular complexity index is 476. The first-order valence-corrected chi connectivity index (χ1v) is 7.40. The molecule has 0 fully saturated rings. The van der Waals surface area contributed by atoms with Crippen molar-refractivity contribution in [2.24, 2.45) is 0 Å². The van der Waals surface area contributed by atoms with Gasteiger partial charge in [0.2, 0.25) is 0 Å². The van der Waals surface area contributed by atoms with Gasteiger partial charge in [-0.2, -0.15) is 0 Å². The number of carbonyl (C=O) groups excluding carboxylic acids is 2. The van der Waals surface area contributed by atoms with E-state index >= 15 is 0 Å². The zero-order valence-electron chi connectivity index (χ0n) is 12.6. The van der Waals surface area contributed by atoms with Gasteiger partial charge in [0, 0.05) is 21.4 Å². The van der Waals surface area contributed by atoms with Gasteiger partial charge in [-0.25, -0.2) is 0 Å². The molecule has 0 aromatic heterocycles. The van der Waals surface area contributed by atoms with Crippen LogP contribution in [0.3, 0.4) is 0 Å². The summed E-state index contributed by atoms with van der Waals surface area (Å²) in [6.45, 7) is 10.0. The Labute approximate surface area is 124 Å². The van der Waals surface area contributed by atoms with Crippen molar-refractivity contribution >= 4 is 29.3 Å². The highest BCUT2D eigenvalue weighted by molar-refractivity contribution is 8.00. The van der Waals surface area contributed by atoms with Crippen LogP contribution >= 0.6 is 11.8 Å². The van der Waals surface area contributed by atoms with Crippen molar-refractivity contribution in [3.8, 4) is 0 Å². The maximum absolute atomic E-state index is 11.6. The van der Waals surface area contributed by atoms with E-state index in [2.05, 4.69) is 31.4 Å². The molecule has 0 spiro atoms. The van der Waals surface area contributed by atoms with E-state index in [0.717, 1.165) is 4.90 Å². The molecule has 0 aliphatic heterocycles. The number of hydrogen-bond donors (Lipinski definition) is 2. The quantitative estimate of drug-likeness (QED) is 0.665. The normalized spacial score (nSPS) is 11.3. The highest BCUT2D eigenvalue weighted by atomic mass is 32.2. The monoisotopic (exact) mass is 294 g/mol. The number of anilines is 1. The lowest BCUT2D eigenvalue weighted by Crippen LogP contribution is -2.39. The van der Waals surface area contributed by atoms with Crippen LogP contribution in [0.5, 0.6) is 0 Å². The molecule has 0 atom stereocenters. The molecule has 0 unspecified atom stereocenters. The highest BCUT2D eigenvalue weighted by Crippen LogP contribution is 2.32. The van der Waals surface area contributed by atoms with Gasteiger partial charge in [0.1, 0.15) is 0 Å². The summed E-state index contributed by atoms with van der Waals surface area (Å²) in [6, 6.07) is 7.42. The van der Waals surface area contributed by atoms with Crippen LogP contribution in [0.4, 0.5) is 5.69 Å². The molecule has 1 rings (SSSR count). The third-order valence-corrected chi connectivity index (χ3v) is 3.28. The summed E-state index contributed by atoms with van der Waals surface area (Å²) in [5.74, 6) is -1.26. The minimum absolute atomic E-state index is 0.0567. The standard InChI is InChI=1S/C15H22N2O2S/c1-10(2)16-13(18)14(19)17-11-6-8-12(9-7-11)20-15(3,4)5/h6-10H,1-5H3,(H,16,18)(H,17,19). The van der Waals surface area contributed by atoms with Crippen molar-refractivity contribution < 1.29 is 9.59 Å². The smallest absolute Gasteiger partial charge is 0.313 e. The second-order valence-corrected chi connectivity index (χ2v) is 7.72. The third kappa shape index (κ3) is 6.10. The maximum Gasteiger partial charge on any atom is 0.313 e. The molecule has 1 aromatic carbocycles. The molecule has 2 N–H and O–H groups in total. The van der Waals surface area contributed by atoms with Crippen LogP contribution in [-0.4, -0.2) is 22.6 Å². The molecule has 0 aliphatic carbocycles. The Morgan fingerprint density at radius 2 is 1.60 bits per heavy atom. The van der Waals surface area contributed by atoms with Crippen molar-refractivity contribution in [2.75, 3.05) is 5.32 Å². The van der Waals surface area contributed by atoms with Gasteiger partial charge < -0.3 is 10.6 Å². The van der Waals surface area contributed by atoms with Gasteiger partial charge in [0.05, 0.1) is 0 Å². The molecular weight excluding hydrogens is 272 g/mol. The topological polar surface area (TPSA) is 58.2 Å². The molecule has 4 nitrogen and oxygen atoms in total. The van der Waals surface area contributed by atoms with E-state index in [1.807, 2.05) is 26.0 Å². The average Bonchev–Trinajstić information content (AvgIpc) is 2.28. The molecule has 0 radical (unpaired) electrons. The van der Waals surface area contributed by atoms with Crippen LogP contribution in [0.25, 0.3) is 0 Å². The molecule has 5 heteroatoms. The molecule has 0 aliphatic rings. The first kappa shape index (κ1) is 16.6. The number of benzene rings is 1. The number of rotatable bonds is 3. The van der Waals surface area contributed by atoms with Crippen molar-refractivity contribution in [3.05, 3.63) is 24.3 Å². The van der Waals surface area contributed by atoms with Gasteiger partial charge >= 0.3 is 11.8 Å². The van der Waals surface area contributed by atoms with E-state index in [1.54, 1.807) is 23.9 Å². The minimum atomic E-state index is -0.644. The molecular formula is C15H22N2O2S. The van der Waals surface area contributed by atoms with Crippen molar-refractivity contribution in [2.45, 2.75) is 50.3 Å². The van der Waals surface area contributed by atoms with E-state index in [1.165, 1.54) is 0 Å². The van der Waals surface area contributed by atoms with Crippen LogP contribution in [-0.2, 0) is 9.59 Å². The maximum atomic E-state index is 11.6. The fourth-order valence-electron chi connectivity index (χ4n) is 1.48. The Balaban J connectivity index is 2.61. The van der Waals surface area contributed by atoms with Crippen LogP contribution in [0.2, 0.25) is 0 Å². The molecule has 0 heterocycles. The van der Waals surface area contributed by atoms with Gasteiger partial charge in [0.25, 0.3) is 0 Å². The largest absolute Gasteiger partial charge is 0.346 e. The Kier molecular flexibility index (Phi) is 5.62. The molecule has 0 bridgehead atoms. The minimum Gasteiger partial charge on any atom is -0.346 e. The molecule has 1 aromatic rings. The Morgan fingerprint density at radius 3 is 2.05 bits per heavy atom. The summed E-state index contributed by atoms with van der Waals surface area (Å²) in [6.07, 6.45) is 0. The fraction of sp³-hybridized carbons (Fsp3) is 0.467. The second kappa shape index (κ2) is 6.79. The van der Waals surface area contributed by atoms with Crippen molar-refractivity contribution in [1.82, 2.24) is 5.32 Å². The molecule has 0 saturated heterocycles. The highest BCUT2D eigenvalue weighted by Gasteiger charge is 2.15. The number of thioether (sulfide) groups is 1. The molecule has 20 heavy (non-hydrogen) atoms. The summed E-state index contributed by atoms with van der Waals surface area (Å²) >= 11 is 1.75. The number of nitrogens with one attached hydrogen (secondary N) is 2. The van der Waals surface area contributed by atoms with E-state index in [4.69, 9.17) is 0 Å². The van der Waals surface area contributed by atoms with E-state index in [9.17, 15) is 9.59 Å². The fourth-order valence-corrected chi connectivity index (χ4v) is 2.45. The Morgan fingerprint density at radius 1 is 1.05 bits per heavy atom.